The molecule has 2 heterocycles. The van der Waals surface area contributed by atoms with E-state index in [1.165, 1.54) is 0 Å². The van der Waals surface area contributed by atoms with Gasteiger partial charge in [0.1, 0.15) is 11.4 Å². The normalized spacial score (nSPS) is 12.2. The molecule has 0 aliphatic carbocycles. The molecular formula is C36H33N3O3. The molecular weight excluding hydrogens is 522 g/mol. The van der Waals surface area contributed by atoms with Crippen LogP contribution in [0.25, 0.3) is 11.1 Å². The predicted molar refractivity (Wildman–Crippen MR) is 166 cm³/mol. The second kappa shape index (κ2) is 11.4. The summed E-state index contributed by atoms with van der Waals surface area (Å²) in [5, 5.41) is 3.08. The molecule has 6 heteroatoms. The van der Waals surface area contributed by atoms with Crippen LogP contribution >= 0.6 is 0 Å². The van der Waals surface area contributed by atoms with Crippen molar-refractivity contribution in [2.24, 2.45) is 0 Å². The zero-order valence-electron chi connectivity index (χ0n) is 24.1. The van der Waals surface area contributed by atoms with Gasteiger partial charge in [0.25, 0.3) is 11.8 Å². The number of para-hydroxylation sites is 1. The van der Waals surface area contributed by atoms with Crippen molar-refractivity contribution < 1.29 is 14.3 Å². The average Bonchev–Trinajstić information content (AvgIpc) is 3.33. The van der Waals surface area contributed by atoms with Crippen LogP contribution in [0.4, 0.5) is 5.69 Å². The Kier molecular flexibility index (Phi) is 7.36. The van der Waals surface area contributed by atoms with Crippen LogP contribution in [-0.2, 0) is 19.6 Å². The highest BCUT2D eigenvalue weighted by atomic mass is 16.5. The summed E-state index contributed by atoms with van der Waals surface area (Å²) in [5.74, 6) is 0.379. The molecule has 2 amide bonds. The average molecular weight is 556 g/mol. The monoisotopic (exact) mass is 555 g/mol. The number of nitrogens with zero attached hydrogens (tertiary/aromatic N) is 2. The van der Waals surface area contributed by atoms with Crippen molar-refractivity contribution >= 4 is 17.5 Å². The molecule has 6 rings (SSSR count). The van der Waals surface area contributed by atoms with Crippen molar-refractivity contribution in [2.45, 2.75) is 33.5 Å². The summed E-state index contributed by atoms with van der Waals surface area (Å²) in [6.07, 6.45) is 0. The number of carbonyl (C=O) groups is 2. The van der Waals surface area contributed by atoms with E-state index in [2.05, 4.69) is 24.4 Å². The minimum absolute atomic E-state index is 0.128. The molecule has 0 unspecified atom stereocenters. The van der Waals surface area contributed by atoms with E-state index in [1.54, 1.807) is 12.0 Å². The lowest BCUT2D eigenvalue weighted by atomic mass is 9.98. The van der Waals surface area contributed by atoms with Crippen molar-refractivity contribution in [3.63, 3.8) is 0 Å². The maximum absolute atomic E-state index is 14.1. The number of methoxy groups -OCH3 is 1. The summed E-state index contributed by atoms with van der Waals surface area (Å²) in [6.45, 7) is 5.38. The predicted octanol–water partition coefficient (Wildman–Crippen LogP) is 6.92. The number of benzene rings is 4. The van der Waals surface area contributed by atoms with Gasteiger partial charge < -0.3 is 19.5 Å². The molecule has 1 aliphatic heterocycles. The number of carbonyl (C=O) groups excluding carboxylic acids is 2. The SMILES string of the molecule is COc1cc(C(=O)N2Cc3ccc(C(=O)NCc4ccccc4C)n3Cc3ccccc32)ccc1-c1ccccc1C. The molecule has 0 saturated heterocycles. The molecule has 0 radical (unpaired) electrons. The topological polar surface area (TPSA) is 63.6 Å². The number of fused-ring (bicyclic) bond motifs is 2. The number of nitrogens with one attached hydrogen (secondary N) is 1. The van der Waals surface area contributed by atoms with Crippen LogP contribution in [0.3, 0.4) is 0 Å². The summed E-state index contributed by atoms with van der Waals surface area (Å²) in [6, 6.07) is 33.5. The molecule has 210 valence electrons. The van der Waals surface area contributed by atoms with E-state index in [0.29, 0.717) is 36.6 Å². The van der Waals surface area contributed by atoms with Crippen molar-refractivity contribution in [3.8, 4) is 16.9 Å². The number of ether oxygens (including phenoxy) is 1. The standard InChI is InChI=1S/C36H33N3O3/c1-24-10-4-6-12-27(24)21-37-35(40)33-19-17-29-23-39(32-15-9-7-13-28(32)22-38(29)33)36(41)26-16-18-31(34(20-26)42-3)30-14-8-5-11-25(30)2/h4-20H,21-23H2,1-3H3,(H,37,40). The highest BCUT2D eigenvalue weighted by molar-refractivity contribution is 6.07. The van der Waals surface area contributed by atoms with Gasteiger partial charge in [0.15, 0.2) is 0 Å². The Balaban J connectivity index is 1.31. The zero-order chi connectivity index (χ0) is 29.2. The van der Waals surface area contributed by atoms with Crippen LogP contribution in [0.15, 0.2) is 103 Å². The van der Waals surface area contributed by atoms with E-state index in [4.69, 9.17) is 4.74 Å². The Morgan fingerprint density at radius 2 is 1.52 bits per heavy atom. The third-order valence-electron chi connectivity index (χ3n) is 8.06. The second-order valence-corrected chi connectivity index (χ2v) is 10.7. The molecule has 6 nitrogen and oxygen atoms in total. The first-order valence-electron chi connectivity index (χ1n) is 14.1. The fraction of sp³-hybridized carbons (Fsp3) is 0.167. The van der Waals surface area contributed by atoms with Crippen LogP contribution in [0.2, 0.25) is 0 Å². The summed E-state index contributed by atoms with van der Waals surface area (Å²) in [5.41, 5.74) is 9.18. The fourth-order valence-electron chi connectivity index (χ4n) is 5.69. The van der Waals surface area contributed by atoms with E-state index in [0.717, 1.165) is 44.8 Å². The van der Waals surface area contributed by atoms with Crippen LogP contribution in [-0.4, -0.2) is 23.5 Å². The highest BCUT2D eigenvalue weighted by Gasteiger charge is 2.28. The van der Waals surface area contributed by atoms with Crippen molar-refractivity contribution in [1.29, 1.82) is 0 Å². The summed E-state index contributed by atoms with van der Waals surface area (Å²) >= 11 is 0. The number of aromatic nitrogens is 1. The van der Waals surface area contributed by atoms with Crippen LogP contribution in [0, 0.1) is 13.8 Å². The number of hydrogen-bond acceptors (Lipinski definition) is 3. The van der Waals surface area contributed by atoms with Gasteiger partial charge in [-0.3, -0.25) is 9.59 Å². The number of anilines is 1. The Morgan fingerprint density at radius 3 is 2.31 bits per heavy atom. The quantitative estimate of drug-likeness (QED) is 0.247. The van der Waals surface area contributed by atoms with Crippen molar-refractivity contribution in [3.05, 3.63) is 142 Å². The van der Waals surface area contributed by atoms with Crippen molar-refractivity contribution in [2.75, 3.05) is 12.0 Å². The number of amides is 2. The van der Waals surface area contributed by atoms with Crippen LogP contribution in [0.5, 0.6) is 5.75 Å². The maximum atomic E-state index is 14.1. The van der Waals surface area contributed by atoms with Gasteiger partial charge in [-0.25, -0.2) is 0 Å². The molecule has 0 fully saturated rings. The molecule has 0 bridgehead atoms. The van der Waals surface area contributed by atoms with Gasteiger partial charge in [-0.1, -0.05) is 66.7 Å². The van der Waals surface area contributed by atoms with Gasteiger partial charge in [0.05, 0.1) is 20.2 Å². The van der Waals surface area contributed by atoms with Gasteiger partial charge in [0, 0.05) is 29.1 Å². The molecule has 1 aromatic heterocycles. The molecule has 42 heavy (non-hydrogen) atoms. The first-order valence-corrected chi connectivity index (χ1v) is 14.1. The lowest BCUT2D eigenvalue weighted by Gasteiger charge is -2.23. The lowest BCUT2D eigenvalue weighted by molar-refractivity contribution is 0.0941. The van der Waals surface area contributed by atoms with Gasteiger partial charge >= 0.3 is 0 Å². The minimum atomic E-state index is -0.140. The Labute approximate surface area is 246 Å². The molecule has 4 aromatic carbocycles. The molecule has 0 saturated carbocycles. The number of aryl methyl sites for hydroxylation is 2. The maximum Gasteiger partial charge on any atom is 0.268 e. The summed E-state index contributed by atoms with van der Waals surface area (Å²) in [7, 11) is 1.63. The third kappa shape index (κ3) is 5.07. The van der Waals surface area contributed by atoms with E-state index in [-0.39, 0.29) is 11.8 Å². The fourth-order valence-corrected chi connectivity index (χ4v) is 5.69. The summed E-state index contributed by atoms with van der Waals surface area (Å²) in [4.78, 5) is 29.3. The van der Waals surface area contributed by atoms with Crippen LogP contribution < -0.4 is 15.0 Å². The van der Waals surface area contributed by atoms with E-state index in [9.17, 15) is 9.59 Å². The van der Waals surface area contributed by atoms with E-state index < -0.39 is 0 Å². The van der Waals surface area contributed by atoms with E-state index in [1.807, 2.05) is 102 Å². The van der Waals surface area contributed by atoms with Gasteiger partial charge in [-0.05, 0) is 78.1 Å². The largest absolute Gasteiger partial charge is 0.496 e. The minimum Gasteiger partial charge on any atom is -0.496 e. The molecule has 1 N–H and O–H groups in total. The molecule has 0 spiro atoms. The second-order valence-electron chi connectivity index (χ2n) is 10.7. The lowest BCUT2D eigenvalue weighted by Crippen LogP contribution is -2.30. The van der Waals surface area contributed by atoms with Gasteiger partial charge in [-0.2, -0.15) is 0 Å². The zero-order valence-corrected chi connectivity index (χ0v) is 24.1. The van der Waals surface area contributed by atoms with E-state index >= 15 is 0 Å². The third-order valence-corrected chi connectivity index (χ3v) is 8.06. The van der Waals surface area contributed by atoms with Crippen LogP contribution in [0.1, 0.15) is 48.8 Å². The number of hydrogen-bond donors (Lipinski definition) is 1. The first-order chi connectivity index (χ1) is 20.4. The molecule has 5 aromatic rings. The Hall–Kier alpha value is -5.10. The summed E-state index contributed by atoms with van der Waals surface area (Å²) < 4.78 is 7.77. The Morgan fingerprint density at radius 1 is 0.786 bits per heavy atom. The Bertz CT molecular complexity index is 1800. The van der Waals surface area contributed by atoms with Gasteiger partial charge in [0.2, 0.25) is 0 Å². The highest BCUT2D eigenvalue weighted by Crippen LogP contribution is 2.35. The molecule has 1 aliphatic rings. The van der Waals surface area contributed by atoms with Crippen molar-refractivity contribution in [1.82, 2.24) is 9.88 Å². The number of rotatable bonds is 6. The first kappa shape index (κ1) is 27.1. The molecule has 0 atom stereocenters. The smallest absolute Gasteiger partial charge is 0.268 e. The van der Waals surface area contributed by atoms with Gasteiger partial charge in [-0.15, -0.1) is 0 Å².